The first-order valence-electron chi connectivity index (χ1n) is 5.16. The lowest BCUT2D eigenvalue weighted by Crippen LogP contribution is -2.25. The summed E-state index contributed by atoms with van der Waals surface area (Å²) >= 11 is 5.76. The number of rotatable bonds is 2. The first-order valence-corrected chi connectivity index (χ1v) is 5.54. The third-order valence-corrected chi connectivity index (χ3v) is 2.99. The van der Waals surface area contributed by atoms with E-state index in [-0.39, 0.29) is 18.4 Å². The lowest BCUT2D eigenvalue weighted by Gasteiger charge is -2.18. The largest absolute Gasteiger partial charge is 0.396 e. The van der Waals surface area contributed by atoms with E-state index in [0.29, 0.717) is 18.1 Å². The maximum atomic E-state index is 11.7. The molecule has 0 aliphatic carbocycles. The van der Waals surface area contributed by atoms with Crippen LogP contribution in [0.15, 0.2) is 12.1 Å². The molecule has 1 unspecified atom stereocenters. The Morgan fingerprint density at radius 2 is 2.38 bits per heavy atom. The van der Waals surface area contributed by atoms with E-state index >= 15 is 0 Å². The molecule has 2 rings (SSSR count). The van der Waals surface area contributed by atoms with Gasteiger partial charge in [0.15, 0.2) is 0 Å². The van der Waals surface area contributed by atoms with Crippen LogP contribution in [0.1, 0.15) is 12.1 Å². The molecule has 1 fully saturated rings. The SMILES string of the molecule is Cc1nc(Cl)ccc1N1CC(CO)CC1=O. The summed E-state index contributed by atoms with van der Waals surface area (Å²) in [4.78, 5) is 17.5. The zero-order valence-electron chi connectivity index (χ0n) is 8.98. The quantitative estimate of drug-likeness (QED) is 0.795. The molecular weight excluding hydrogens is 228 g/mol. The van der Waals surface area contributed by atoms with Crippen molar-refractivity contribution < 1.29 is 9.90 Å². The van der Waals surface area contributed by atoms with E-state index in [1.54, 1.807) is 17.0 Å². The summed E-state index contributed by atoms with van der Waals surface area (Å²) in [6, 6.07) is 3.46. The molecule has 16 heavy (non-hydrogen) atoms. The van der Waals surface area contributed by atoms with E-state index < -0.39 is 0 Å². The predicted molar refractivity (Wildman–Crippen MR) is 61.5 cm³/mol. The van der Waals surface area contributed by atoms with Gasteiger partial charge in [0.25, 0.3) is 0 Å². The van der Waals surface area contributed by atoms with Crippen molar-refractivity contribution in [1.82, 2.24) is 4.98 Å². The van der Waals surface area contributed by atoms with Gasteiger partial charge in [-0.3, -0.25) is 4.79 Å². The van der Waals surface area contributed by atoms with Crippen LogP contribution in [0.3, 0.4) is 0 Å². The monoisotopic (exact) mass is 240 g/mol. The fourth-order valence-electron chi connectivity index (χ4n) is 1.95. The van der Waals surface area contributed by atoms with Crippen molar-refractivity contribution in [3.05, 3.63) is 23.0 Å². The molecule has 0 saturated carbocycles. The highest BCUT2D eigenvalue weighted by molar-refractivity contribution is 6.29. The van der Waals surface area contributed by atoms with Crippen molar-refractivity contribution in [2.75, 3.05) is 18.1 Å². The molecule has 2 heterocycles. The average molecular weight is 241 g/mol. The van der Waals surface area contributed by atoms with Crippen LogP contribution < -0.4 is 4.90 Å². The Balaban J connectivity index is 2.28. The highest BCUT2D eigenvalue weighted by Crippen LogP contribution is 2.27. The standard InChI is InChI=1S/C11H13ClN2O2/c1-7-9(2-3-10(12)13-7)14-5-8(6-15)4-11(14)16/h2-3,8,15H,4-6H2,1H3. The van der Waals surface area contributed by atoms with Crippen molar-refractivity contribution in [2.45, 2.75) is 13.3 Å². The van der Waals surface area contributed by atoms with Crippen LogP contribution in [0.4, 0.5) is 5.69 Å². The summed E-state index contributed by atoms with van der Waals surface area (Å²) in [5.41, 5.74) is 1.52. The smallest absolute Gasteiger partial charge is 0.227 e. The Bertz CT molecular complexity index is 422. The molecule has 1 aromatic rings. The Morgan fingerprint density at radius 1 is 1.62 bits per heavy atom. The minimum absolute atomic E-state index is 0.0302. The van der Waals surface area contributed by atoms with Gasteiger partial charge in [0.05, 0.1) is 11.4 Å². The molecule has 1 aliphatic rings. The number of aliphatic hydroxyl groups is 1. The van der Waals surface area contributed by atoms with E-state index in [4.69, 9.17) is 16.7 Å². The molecule has 4 nitrogen and oxygen atoms in total. The Morgan fingerprint density at radius 3 is 2.94 bits per heavy atom. The minimum Gasteiger partial charge on any atom is -0.396 e. The molecule has 0 bridgehead atoms. The summed E-state index contributed by atoms with van der Waals surface area (Å²) in [6.07, 6.45) is 0.401. The number of pyridine rings is 1. The van der Waals surface area contributed by atoms with Gasteiger partial charge in [0.1, 0.15) is 5.15 Å². The van der Waals surface area contributed by atoms with Crippen molar-refractivity contribution >= 4 is 23.2 Å². The van der Waals surface area contributed by atoms with E-state index in [1.165, 1.54) is 0 Å². The molecule has 1 aliphatic heterocycles. The minimum atomic E-state index is 0.0302. The number of hydrogen-bond acceptors (Lipinski definition) is 3. The fourth-order valence-corrected chi connectivity index (χ4v) is 2.13. The summed E-state index contributed by atoms with van der Waals surface area (Å²) in [7, 11) is 0. The summed E-state index contributed by atoms with van der Waals surface area (Å²) in [6.45, 7) is 2.42. The number of carbonyl (C=O) groups is 1. The van der Waals surface area contributed by atoms with Gasteiger partial charge in [0, 0.05) is 25.5 Å². The molecular formula is C11H13ClN2O2. The molecule has 1 amide bonds. The lowest BCUT2D eigenvalue weighted by atomic mass is 10.1. The fraction of sp³-hybridized carbons (Fsp3) is 0.455. The topological polar surface area (TPSA) is 53.4 Å². The van der Waals surface area contributed by atoms with Gasteiger partial charge in [-0.25, -0.2) is 4.98 Å². The lowest BCUT2D eigenvalue weighted by molar-refractivity contribution is -0.117. The Kier molecular flexibility index (Phi) is 3.12. The third-order valence-electron chi connectivity index (χ3n) is 2.78. The number of nitrogens with zero attached hydrogens (tertiary/aromatic N) is 2. The maximum Gasteiger partial charge on any atom is 0.227 e. The van der Waals surface area contributed by atoms with Crippen LogP contribution in [-0.2, 0) is 4.79 Å². The second-order valence-corrected chi connectivity index (χ2v) is 4.38. The van der Waals surface area contributed by atoms with Crippen LogP contribution in [0.5, 0.6) is 0 Å². The van der Waals surface area contributed by atoms with Gasteiger partial charge < -0.3 is 10.0 Å². The van der Waals surface area contributed by atoms with Crippen molar-refractivity contribution in [2.24, 2.45) is 5.92 Å². The predicted octanol–water partition coefficient (Wildman–Crippen LogP) is 1.39. The normalized spacial score (nSPS) is 20.6. The molecule has 1 atom stereocenters. The number of hydrogen-bond donors (Lipinski definition) is 1. The maximum absolute atomic E-state index is 11.7. The van der Waals surface area contributed by atoms with Gasteiger partial charge in [-0.2, -0.15) is 0 Å². The van der Waals surface area contributed by atoms with Crippen molar-refractivity contribution in [3.63, 3.8) is 0 Å². The molecule has 1 saturated heterocycles. The Labute approximate surface area is 98.9 Å². The second-order valence-electron chi connectivity index (χ2n) is 4.00. The average Bonchev–Trinajstić information content (AvgIpc) is 2.60. The third kappa shape index (κ3) is 2.03. The van der Waals surface area contributed by atoms with E-state index in [2.05, 4.69) is 4.98 Å². The molecule has 1 N–H and O–H groups in total. The first-order chi connectivity index (χ1) is 7.61. The zero-order valence-corrected chi connectivity index (χ0v) is 9.74. The summed E-state index contributed by atoms with van der Waals surface area (Å²) < 4.78 is 0. The number of aryl methyl sites for hydroxylation is 1. The van der Waals surface area contributed by atoms with Crippen molar-refractivity contribution in [1.29, 1.82) is 0 Å². The molecule has 0 radical (unpaired) electrons. The molecule has 1 aromatic heterocycles. The van der Waals surface area contributed by atoms with Crippen LogP contribution >= 0.6 is 11.6 Å². The second kappa shape index (κ2) is 4.39. The highest BCUT2D eigenvalue weighted by atomic mass is 35.5. The van der Waals surface area contributed by atoms with Gasteiger partial charge in [-0.15, -0.1) is 0 Å². The number of aliphatic hydroxyl groups excluding tert-OH is 1. The summed E-state index contributed by atoms with van der Waals surface area (Å²) in [5, 5.41) is 9.47. The molecule has 5 heteroatoms. The van der Waals surface area contributed by atoms with Crippen LogP contribution in [0, 0.1) is 12.8 Å². The van der Waals surface area contributed by atoms with Gasteiger partial charge in [-0.1, -0.05) is 11.6 Å². The van der Waals surface area contributed by atoms with Crippen LogP contribution in [-0.4, -0.2) is 29.1 Å². The van der Waals surface area contributed by atoms with Gasteiger partial charge in [-0.05, 0) is 19.1 Å². The number of anilines is 1. The van der Waals surface area contributed by atoms with Gasteiger partial charge >= 0.3 is 0 Å². The van der Waals surface area contributed by atoms with E-state index in [9.17, 15) is 4.79 Å². The molecule has 0 spiro atoms. The first kappa shape index (κ1) is 11.4. The Hall–Kier alpha value is -1.13. The van der Waals surface area contributed by atoms with E-state index in [1.807, 2.05) is 6.92 Å². The number of halogens is 1. The molecule has 0 aromatic carbocycles. The number of aromatic nitrogens is 1. The van der Waals surface area contributed by atoms with Crippen molar-refractivity contribution in [3.8, 4) is 0 Å². The van der Waals surface area contributed by atoms with E-state index in [0.717, 1.165) is 11.4 Å². The number of carbonyl (C=O) groups excluding carboxylic acids is 1. The number of amides is 1. The summed E-state index contributed by atoms with van der Waals surface area (Å²) in [5.74, 6) is 0.0638. The zero-order chi connectivity index (χ0) is 11.7. The van der Waals surface area contributed by atoms with Crippen LogP contribution in [0.25, 0.3) is 0 Å². The molecule has 86 valence electrons. The van der Waals surface area contributed by atoms with Crippen LogP contribution in [0.2, 0.25) is 5.15 Å². The van der Waals surface area contributed by atoms with Gasteiger partial charge in [0.2, 0.25) is 5.91 Å². The highest BCUT2D eigenvalue weighted by Gasteiger charge is 2.30.